The summed E-state index contributed by atoms with van der Waals surface area (Å²) in [6.45, 7) is 0.00195. The molecule has 1 aromatic heterocycles. The van der Waals surface area contributed by atoms with Gasteiger partial charge in [0.25, 0.3) is 0 Å². The van der Waals surface area contributed by atoms with Crippen LogP contribution in [0, 0.1) is 0 Å². The minimum Gasteiger partial charge on any atom is -0.493 e. The van der Waals surface area contributed by atoms with Crippen molar-refractivity contribution in [2.45, 2.75) is 31.5 Å². The Kier molecular flexibility index (Phi) is 6.88. The van der Waals surface area contributed by atoms with Crippen LogP contribution in [0.2, 0.25) is 0 Å². The first-order valence-corrected chi connectivity index (χ1v) is 9.40. The zero-order valence-corrected chi connectivity index (χ0v) is 15.8. The topological polar surface area (TPSA) is 42.4 Å². The third-order valence-electron chi connectivity index (χ3n) is 4.59. The molecule has 0 unspecified atom stereocenters. The average molecular weight is 401 g/mol. The predicted molar refractivity (Wildman–Crippen MR) is 106 cm³/mol. The van der Waals surface area contributed by atoms with Gasteiger partial charge in [-0.05, 0) is 47.7 Å². The fraction of sp³-hybridized carbons (Fsp3) is 0.261. The number of alkyl halides is 3. The largest absolute Gasteiger partial charge is 0.493 e. The van der Waals surface area contributed by atoms with E-state index in [1.807, 2.05) is 18.2 Å². The van der Waals surface area contributed by atoms with Gasteiger partial charge in [-0.2, -0.15) is 13.2 Å². The third kappa shape index (κ3) is 6.06. The van der Waals surface area contributed by atoms with E-state index in [-0.39, 0.29) is 18.8 Å². The fourth-order valence-electron chi connectivity index (χ4n) is 3.02. The van der Waals surface area contributed by atoms with Gasteiger partial charge < -0.3 is 9.84 Å². The molecular weight excluding hydrogens is 379 g/mol. The van der Waals surface area contributed by atoms with Gasteiger partial charge in [-0.15, -0.1) is 0 Å². The van der Waals surface area contributed by atoms with Gasteiger partial charge >= 0.3 is 6.18 Å². The fourth-order valence-corrected chi connectivity index (χ4v) is 3.02. The number of rotatable bonds is 8. The lowest BCUT2D eigenvalue weighted by Crippen LogP contribution is -2.15. The van der Waals surface area contributed by atoms with Crippen molar-refractivity contribution < 1.29 is 23.0 Å². The second-order valence-electron chi connectivity index (χ2n) is 6.77. The molecule has 0 aliphatic carbocycles. The lowest BCUT2D eigenvalue weighted by atomic mass is 10.0. The van der Waals surface area contributed by atoms with Crippen molar-refractivity contribution in [1.82, 2.24) is 4.98 Å². The van der Waals surface area contributed by atoms with Crippen molar-refractivity contribution in [2.24, 2.45) is 0 Å². The van der Waals surface area contributed by atoms with E-state index in [9.17, 15) is 18.3 Å². The molecule has 0 fully saturated rings. The number of ether oxygens (including phenoxy) is 1. The van der Waals surface area contributed by atoms with Crippen LogP contribution in [0.5, 0.6) is 5.75 Å². The van der Waals surface area contributed by atoms with E-state index in [2.05, 4.69) is 4.98 Å². The summed E-state index contributed by atoms with van der Waals surface area (Å²) in [4.78, 5) is 4.01. The number of aryl methyl sites for hydroxylation is 1. The highest BCUT2D eigenvalue weighted by Gasteiger charge is 2.34. The molecule has 29 heavy (non-hydrogen) atoms. The first-order valence-electron chi connectivity index (χ1n) is 9.40. The number of hydrogen-bond acceptors (Lipinski definition) is 3. The van der Waals surface area contributed by atoms with Crippen molar-refractivity contribution in [3.63, 3.8) is 0 Å². The number of aliphatic hydroxyl groups excluding tert-OH is 1. The van der Waals surface area contributed by atoms with E-state index in [0.29, 0.717) is 24.0 Å². The second-order valence-corrected chi connectivity index (χ2v) is 6.77. The maximum Gasteiger partial charge on any atom is 0.419 e. The van der Waals surface area contributed by atoms with Crippen LogP contribution in [-0.2, 0) is 12.6 Å². The van der Waals surface area contributed by atoms with Crippen LogP contribution in [-0.4, -0.2) is 22.8 Å². The molecule has 6 heteroatoms. The monoisotopic (exact) mass is 401 g/mol. The summed E-state index contributed by atoms with van der Waals surface area (Å²) in [5.41, 5.74) is 1.36. The van der Waals surface area contributed by atoms with Crippen LogP contribution in [0.15, 0.2) is 73.1 Å². The van der Waals surface area contributed by atoms with Crippen LogP contribution < -0.4 is 4.74 Å². The molecule has 3 rings (SSSR count). The zero-order valence-electron chi connectivity index (χ0n) is 15.8. The summed E-state index contributed by atoms with van der Waals surface area (Å²) in [7, 11) is 0. The molecule has 0 aliphatic rings. The highest BCUT2D eigenvalue weighted by atomic mass is 19.4. The first-order chi connectivity index (χ1) is 13.9. The maximum absolute atomic E-state index is 13.5. The predicted octanol–water partition coefficient (Wildman–Crippen LogP) is 5.53. The summed E-state index contributed by atoms with van der Waals surface area (Å²) >= 11 is 0. The Labute approximate surface area is 167 Å². The molecule has 1 heterocycles. The molecule has 0 amide bonds. The number of benzene rings is 2. The Balaban J connectivity index is 1.61. The highest BCUT2D eigenvalue weighted by molar-refractivity contribution is 5.66. The molecule has 0 radical (unpaired) electrons. The summed E-state index contributed by atoms with van der Waals surface area (Å²) in [5, 5.41) is 10.1. The molecule has 3 aromatic rings. The number of pyridine rings is 1. The number of nitrogens with zero attached hydrogens (tertiary/aromatic N) is 1. The minimum absolute atomic E-state index is 0.00195. The lowest BCUT2D eigenvalue weighted by Gasteiger charge is -2.17. The summed E-state index contributed by atoms with van der Waals surface area (Å²) in [6, 6.07) is 16.7. The third-order valence-corrected chi connectivity index (χ3v) is 4.59. The van der Waals surface area contributed by atoms with Gasteiger partial charge in [-0.1, -0.05) is 42.5 Å². The molecule has 0 spiro atoms. The van der Waals surface area contributed by atoms with Crippen molar-refractivity contribution in [2.75, 3.05) is 6.61 Å². The van der Waals surface area contributed by atoms with Gasteiger partial charge in [0.2, 0.25) is 0 Å². The van der Waals surface area contributed by atoms with Gasteiger partial charge in [0, 0.05) is 18.8 Å². The van der Waals surface area contributed by atoms with E-state index < -0.39 is 17.8 Å². The first kappa shape index (κ1) is 20.9. The number of aliphatic hydroxyl groups is 1. The Morgan fingerprint density at radius 3 is 2.41 bits per heavy atom. The molecule has 152 valence electrons. The Bertz CT molecular complexity index is 899. The van der Waals surface area contributed by atoms with Crippen LogP contribution in [0.3, 0.4) is 0 Å². The quantitative estimate of drug-likeness (QED) is 0.540. The normalized spacial score (nSPS) is 12.6. The molecule has 0 saturated heterocycles. The molecule has 0 saturated carbocycles. The van der Waals surface area contributed by atoms with Gasteiger partial charge in [0.05, 0.1) is 18.3 Å². The van der Waals surface area contributed by atoms with E-state index >= 15 is 0 Å². The number of hydrogen-bond donors (Lipinski definition) is 1. The summed E-state index contributed by atoms with van der Waals surface area (Å²) in [5.74, 6) is -0.225. The Morgan fingerprint density at radius 1 is 0.931 bits per heavy atom. The minimum atomic E-state index is -4.53. The number of halogens is 3. The smallest absolute Gasteiger partial charge is 0.419 e. The summed E-state index contributed by atoms with van der Waals surface area (Å²) in [6.07, 6.45) is -0.393. The summed E-state index contributed by atoms with van der Waals surface area (Å²) < 4.78 is 45.9. The molecule has 0 bridgehead atoms. The van der Waals surface area contributed by atoms with Crippen LogP contribution in [0.1, 0.15) is 24.0 Å². The van der Waals surface area contributed by atoms with Crippen LogP contribution >= 0.6 is 0 Å². The van der Waals surface area contributed by atoms with Gasteiger partial charge in [0.1, 0.15) is 5.75 Å². The molecule has 1 N–H and O–H groups in total. The van der Waals surface area contributed by atoms with Crippen molar-refractivity contribution in [3.8, 4) is 16.9 Å². The molecule has 1 atom stereocenters. The maximum atomic E-state index is 13.5. The van der Waals surface area contributed by atoms with Gasteiger partial charge in [0.15, 0.2) is 0 Å². The molecule has 0 aliphatic heterocycles. The second kappa shape index (κ2) is 9.56. The van der Waals surface area contributed by atoms with Crippen LogP contribution in [0.4, 0.5) is 13.2 Å². The van der Waals surface area contributed by atoms with Crippen LogP contribution in [0.25, 0.3) is 11.1 Å². The average Bonchev–Trinajstić information content (AvgIpc) is 2.73. The Morgan fingerprint density at radius 2 is 1.72 bits per heavy atom. The van der Waals surface area contributed by atoms with Crippen molar-refractivity contribution >= 4 is 0 Å². The number of aromatic nitrogens is 1. The van der Waals surface area contributed by atoms with E-state index in [1.54, 1.807) is 42.7 Å². The molecule has 3 nitrogen and oxygen atoms in total. The molecule has 2 aromatic carbocycles. The van der Waals surface area contributed by atoms with E-state index in [0.717, 1.165) is 11.6 Å². The van der Waals surface area contributed by atoms with E-state index in [1.165, 1.54) is 6.07 Å². The van der Waals surface area contributed by atoms with Gasteiger partial charge in [-0.25, -0.2) is 0 Å². The highest BCUT2D eigenvalue weighted by Crippen LogP contribution is 2.38. The van der Waals surface area contributed by atoms with E-state index in [4.69, 9.17) is 4.74 Å². The van der Waals surface area contributed by atoms with Crippen molar-refractivity contribution in [1.29, 1.82) is 0 Å². The Hall–Kier alpha value is -2.86. The van der Waals surface area contributed by atoms with Gasteiger partial charge in [-0.3, -0.25) is 4.98 Å². The van der Waals surface area contributed by atoms with Crippen molar-refractivity contribution in [3.05, 3.63) is 84.2 Å². The molecular formula is C23H22F3NO2. The zero-order chi connectivity index (χ0) is 20.7. The standard InChI is InChI=1S/C23H22F3NO2/c24-23(25,26)21-15-19(18-6-2-1-3-7-18)9-11-22(21)29-14-12-20(28)10-8-17-5-4-13-27-16-17/h1-7,9,11,13,15-16,20,28H,8,10,12,14H2/t20-/m1/s1. The SMILES string of the molecule is O[C@@H](CCOc1ccc(-c2ccccc2)cc1C(F)(F)F)CCc1cccnc1. The lowest BCUT2D eigenvalue weighted by molar-refractivity contribution is -0.138.